The standard InChI is InChI=1S/C63H105NO18/c1-3-5-7-9-11-13-15-16-17-18-19-20-21-22-23-24-25-26-27-28-29-30-31-33-35-37-39-41-51(69)64-46(47(68)40-38-36-34-32-14-12-10-8-6-4-2)45-77-61-57(75)54(72)59(49(43-66)79-61)82-63-58(76)55(73)60(50(44-67)80-63)81-62-56(74)53(71)52(70)48(42-65)78-62/h5,7,11,13,16-17,19-20,22-23,25-26,28-29,38,40,46-50,52-63,65-68,70-76H,3-4,6,8-10,12,14-15,18,21,24,27,30-37,39,41-45H2,1-2H3,(H,64,69)/b7-5-,13-11-,17-16-,20-19-,23-22-,26-25-,29-28-,40-38+. The SMILES string of the molecule is CC/C=C\C/C=C\C/C=C\C/C=C\C/C=C\C/C=C\C/C=C\CCCCCCCC(=O)NC(COC1OC(CO)C(OC2OC(CO)C(OC3OC(CO)C(O)C(O)C3O)C(O)C2O)C(O)C1O)C(O)/C=C/CCCCCCCCCC. The molecule has 3 heterocycles. The van der Waals surface area contributed by atoms with E-state index in [1.54, 1.807) is 6.08 Å². The normalized spacial score (nSPS) is 30.3. The number of amides is 1. The first-order valence-corrected chi connectivity index (χ1v) is 30.5. The van der Waals surface area contributed by atoms with Gasteiger partial charge in [0.25, 0.3) is 0 Å². The minimum atomic E-state index is -1.98. The Morgan fingerprint density at radius 3 is 1.32 bits per heavy atom. The van der Waals surface area contributed by atoms with E-state index in [9.17, 15) is 61.0 Å². The van der Waals surface area contributed by atoms with E-state index in [1.165, 1.54) is 32.1 Å². The molecule has 82 heavy (non-hydrogen) atoms. The topological polar surface area (TPSA) is 307 Å². The fraction of sp³-hybridized carbons (Fsp3) is 0.730. The number of rotatable bonds is 43. The zero-order valence-corrected chi connectivity index (χ0v) is 48.9. The van der Waals surface area contributed by atoms with Crippen LogP contribution >= 0.6 is 0 Å². The summed E-state index contributed by atoms with van der Waals surface area (Å²) < 4.78 is 34.2. The molecule has 0 spiro atoms. The quantitative estimate of drug-likeness (QED) is 0.0255. The van der Waals surface area contributed by atoms with Gasteiger partial charge in [-0.2, -0.15) is 0 Å². The van der Waals surface area contributed by atoms with E-state index < -0.39 is 124 Å². The average Bonchev–Trinajstić information content (AvgIpc) is 3.64. The molecule has 0 aromatic heterocycles. The van der Waals surface area contributed by atoms with Crippen LogP contribution < -0.4 is 5.32 Å². The van der Waals surface area contributed by atoms with Crippen LogP contribution in [0.1, 0.15) is 162 Å². The summed E-state index contributed by atoms with van der Waals surface area (Å²) in [6.07, 6.45) is 29.7. The molecule has 0 aliphatic carbocycles. The molecule has 3 rings (SSSR count). The van der Waals surface area contributed by atoms with E-state index in [1.807, 2.05) is 6.08 Å². The van der Waals surface area contributed by atoms with Crippen LogP contribution in [0.2, 0.25) is 0 Å². The van der Waals surface area contributed by atoms with Gasteiger partial charge in [0.1, 0.15) is 73.2 Å². The molecule has 0 radical (unpaired) electrons. The lowest BCUT2D eigenvalue weighted by molar-refractivity contribution is -0.379. The first-order valence-electron chi connectivity index (χ1n) is 30.5. The summed E-state index contributed by atoms with van der Waals surface area (Å²) in [6.45, 7) is 1.53. The number of hydrogen-bond donors (Lipinski definition) is 12. The Balaban J connectivity index is 1.45. The molecule has 12 N–H and O–H groups in total. The summed E-state index contributed by atoms with van der Waals surface area (Å²) in [6, 6.07) is -0.989. The van der Waals surface area contributed by atoms with E-state index in [0.717, 1.165) is 103 Å². The Hall–Kier alpha value is -3.29. The van der Waals surface area contributed by atoms with Gasteiger partial charge in [-0.05, 0) is 77.0 Å². The molecule has 17 unspecified atom stereocenters. The van der Waals surface area contributed by atoms with Crippen molar-refractivity contribution in [2.45, 2.75) is 266 Å². The molecule has 0 aromatic carbocycles. The predicted octanol–water partition coefficient (Wildman–Crippen LogP) is 5.76. The summed E-state index contributed by atoms with van der Waals surface area (Å²) in [5.74, 6) is -0.302. The lowest BCUT2D eigenvalue weighted by Gasteiger charge is -2.48. The second-order valence-electron chi connectivity index (χ2n) is 21.4. The van der Waals surface area contributed by atoms with Crippen LogP contribution in [0.4, 0.5) is 0 Å². The molecule has 19 nitrogen and oxygen atoms in total. The Bertz CT molecular complexity index is 1870. The first-order chi connectivity index (χ1) is 39.8. The molecular formula is C63H105NO18. The zero-order valence-electron chi connectivity index (χ0n) is 48.9. The number of carbonyl (C=O) groups excluding carboxylic acids is 1. The minimum Gasteiger partial charge on any atom is -0.394 e. The number of aliphatic hydroxyl groups is 11. The number of aliphatic hydroxyl groups excluding tert-OH is 11. The molecule has 0 saturated carbocycles. The van der Waals surface area contributed by atoms with Crippen molar-refractivity contribution in [3.8, 4) is 0 Å². The Kier molecular flexibility index (Phi) is 40.1. The molecule has 17 atom stereocenters. The van der Waals surface area contributed by atoms with Crippen molar-refractivity contribution in [2.75, 3.05) is 26.4 Å². The van der Waals surface area contributed by atoms with Crippen molar-refractivity contribution in [3.05, 3.63) is 97.2 Å². The van der Waals surface area contributed by atoms with E-state index in [-0.39, 0.29) is 18.9 Å². The van der Waals surface area contributed by atoms with Gasteiger partial charge in [-0.3, -0.25) is 4.79 Å². The average molecular weight is 1160 g/mol. The van der Waals surface area contributed by atoms with E-state index in [0.29, 0.717) is 6.42 Å². The van der Waals surface area contributed by atoms with Crippen molar-refractivity contribution in [1.82, 2.24) is 5.32 Å². The van der Waals surface area contributed by atoms with Gasteiger partial charge in [0.2, 0.25) is 5.91 Å². The summed E-state index contributed by atoms with van der Waals surface area (Å²) in [5, 5.41) is 120. The molecule has 3 aliphatic heterocycles. The van der Waals surface area contributed by atoms with Gasteiger partial charge in [0, 0.05) is 6.42 Å². The molecule has 3 fully saturated rings. The van der Waals surface area contributed by atoms with E-state index in [2.05, 4.69) is 104 Å². The molecule has 0 bridgehead atoms. The van der Waals surface area contributed by atoms with Crippen LogP contribution in [-0.2, 0) is 33.2 Å². The van der Waals surface area contributed by atoms with E-state index >= 15 is 0 Å². The molecule has 470 valence electrons. The van der Waals surface area contributed by atoms with Crippen molar-refractivity contribution < 1.29 is 89.4 Å². The highest BCUT2D eigenvalue weighted by Gasteiger charge is 2.53. The Morgan fingerprint density at radius 1 is 0.451 bits per heavy atom. The third kappa shape index (κ3) is 28.3. The molecule has 3 saturated heterocycles. The Morgan fingerprint density at radius 2 is 0.841 bits per heavy atom. The first kappa shape index (κ1) is 73.0. The third-order valence-corrected chi connectivity index (χ3v) is 14.6. The van der Waals surface area contributed by atoms with Crippen LogP contribution in [0.5, 0.6) is 0 Å². The van der Waals surface area contributed by atoms with Crippen molar-refractivity contribution in [2.24, 2.45) is 0 Å². The lowest BCUT2D eigenvalue weighted by atomic mass is 9.96. The number of ether oxygens (including phenoxy) is 6. The minimum absolute atomic E-state index is 0.214. The molecule has 0 aromatic rings. The maximum atomic E-state index is 13.3. The van der Waals surface area contributed by atoms with Gasteiger partial charge < -0.3 is 89.9 Å². The lowest BCUT2D eigenvalue weighted by Crippen LogP contribution is -2.66. The van der Waals surface area contributed by atoms with Crippen molar-refractivity contribution in [1.29, 1.82) is 0 Å². The van der Waals surface area contributed by atoms with Gasteiger partial charge >= 0.3 is 0 Å². The second-order valence-corrected chi connectivity index (χ2v) is 21.4. The largest absolute Gasteiger partial charge is 0.394 e. The maximum Gasteiger partial charge on any atom is 0.220 e. The highest BCUT2D eigenvalue weighted by molar-refractivity contribution is 5.76. The number of unbranched alkanes of at least 4 members (excludes halogenated alkanes) is 13. The summed E-state index contributed by atoms with van der Waals surface area (Å²) in [5.41, 5.74) is 0. The van der Waals surface area contributed by atoms with Gasteiger partial charge in [-0.25, -0.2) is 0 Å². The van der Waals surface area contributed by atoms with E-state index in [4.69, 9.17) is 28.4 Å². The highest BCUT2D eigenvalue weighted by atomic mass is 16.8. The third-order valence-electron chi connectivity index (χ3n) is 14.6. The fourth-order valence-corrected chi connectivity index (χ4v) is 9.64. The van der Waals surface area contributed by atoms with Crippen LogP contribution in [0.3, 0.4) is 0 Å². The molecule has 19 heteroatoms. The second kappa shape index (κ2) is 45.1. The Labute approximate surface area is 488 Å². The monoisotopic (exact) mass is 1160 g/mol. The number of allylic oxidation sites excluding steroid dienone is 15. The predicted molar refractivity (Wildman–Crippen MR) is 314 cm³/mol. The van der Waals surface area contributed by atoms with Gasteiger partial charge in [-0.15, -0.1) is 0 Å². The van der Waals surface area contributed by atoms with Gasteiger partial charge in [0.15, 0.2) is 18.9 Å². The van der Waals surface area contributed by atoms with Crippen molar-refractivity contribution in [3.63, 3.8) is 0 Å². The van der Waals surface area contributed by atoms with Crippen LogP contribution in [0.15, 0.2) is 97.2 Å². The summed E-state index contributed by atoms with van der Waals surface area (Å²) >= 11 is 0. The number of carbonyl (C=O) groups is 1. The van der Waals surface area contributed by atoms with Gasteiger partial charge in [-0.1, -0.05) is 175 Å². The smallest absolute Gasteiger partial charge is 0.220 e. The van der Waals surface area contributed by atoms with Gasteiger partial charge in [0.05, 0.1) is 38.6 Å². The number of nitrogens with one attached hydrogen (secondary N) is 1. The summed E-state index contributed by atoms with van der Waals surface area (Å²) in [4.78, 5) is 13.3. The maximum absolute atomic E-state index is 13.3. The van der Waals surface area contributed by atoms with Crippen molar-refractivity contribution >= 4 is 5.91 Å². The fourth-order valence-electron chi connectivity index (χ4n) is 9.64. The zero-order chi connectivity index (χ0) is 59.7. The molecular weight excluding hydrogens is 1060 g/mol. The summed E-state index contributed by atoms with van der Waals surface area (Å²) in [7, 11) is 0. The van der Waals surface area contributed by atoms with Crippen LogP contribution in [0.25, 0.3) is 0 Å². The van der Waals surface area contributed by atoms with Crippen LogP contribution in [0, 0.1) is 0 Å². The molecule has 3 aliphatic rings. The molecule has 1 amide bonds. The van der Waals surface area contributed by atoms with Crippen LogP contribution in [-0.4, -0.2) is 193 Å². The number of hydrogen-bond acceptors (Lipinski definition) is 18. The highest BCUT2D eigenvalue weighted by Crippen LogP contribution is 2.33.